The van der Waals surface area contributed by atoms with Gasteiger partial charge in [-0.1, -0.05) is 29.5 Å². The zero-order chi connectivity index (χ0) is 26.9. The van der Waals surface area contributed by atoms with E-state index in [1.807, 2.05) is 0 Å². The molecule has 3 aromatic carbocycles. The highest BCUT2D eigenvalue weighted by atomic mass is 19.4. The number of aromatic nitrogens is 3. The van der Waals surface area contributed by atoms with Gasteiger partial charge in [0.25, 0.3) is 5.91 Å². The molecule has 2 N–H and O–H groups in total. The molecule has 0 spiro atoms. The minimum Gasteiger partial charge on any atom is -0.481 e. The number of carbonyl (C=O) groups is 2. The normalized spacial score (nSPS) is 22.0. The Bertz CT molecular complexity index is 1570. The lowest BCUT2D eigenvalue weighted by Gasteiger charge is -2.67. The van der Waals surface area contributed by atoms with Crippen LogP contribution in [0.1, 0.15) is 40.7 Å². The molecule has 3 aliphatic rings. The van der Waals surface area contributed by atoms with Crippen LogP contribution in [-0.2, 0) is 17.5 Å². The van der Waals surface area contributed by atoms with Crippen molar-refractivity contribution in [3.05, 3.63) is 83.2 Å². The number of fused-ring (bicyclic) bond motifs is 1. The molecule has 38 heavy (non-hydrogen) atoms. The minimum absolute atomic E-state index is 0.0675. The van der Waals surface area contributed by atoms with E-state index in [0.717, 1.165) is 12.1 Å². The summed E-state index contributed by atoms with van der Waals surface area (Å²) in [7, 11) is 0. The first-order chi connectivity index (χ1) is 18.0. The molecular formula is C27H20F4N4O3. The molecule has 4 aromatic rings. The monoisotopic (exact) mass is 524 g/mol. The van der Waals surface area contributed by atoms with Crippen LogP contribution in [0, 0.1) is 11.2 Å². The van der Waals surface area contributed by atoms with Crippen LogP contribution in [0.3, 0.4) is 0 Å². The Morgan fingerprint density at radius 3 is 2.24 bits per heavy atom. The maximum Gasteiger partial charge on any atom is 0.416 e. The Hall–Kier alpha value is -4.28. The maximum atomic E-state index is 13.5. The first-order valence-corrected chi connectivity index (χ1v) is 11.8. The topological polar surface area (TPSA) is 97.1 Å². The lowest BCUT2D eigenvalue weighted by atomic mass is 9.39. The van der Waals surface area contributed by atoms with Gasteiger partial charge < -0.3 is 10.4 Å². The summed E-state index contributed by atoms with van der Waals surface area (Å²) in [5.41, 5.74) is 0.639. The van der Waals surface area contributed by atoms with Crippen molar-refractivity contribution >= 4 is 22.9 Å². The van der Waals surface area contributed by atoms with Crippen molar-refractivity contribution < 1.29 is 32.3 Å². The molecule has 7 rings (SSSR count). The number of nitrogens with zero attached hydrogens (tertiary/aromatic N) is 3. The predicted octanol–water partition coefficient (Wildman–Crippen LogP) is 5.04. The van der Waals surface area contributed by atoms with Gasteiger partial charge in [-0.25, -0.2) is 9.07 Å². The number of carboxylic acids is 1. The first-order valence-electron chi connectivity index (χ1n) is 11.8. The van der Waals surface area contributed by atoms with Gasteiger partial charge >= 0.3 is 12.1 Å². The third-order valence-corrected chi connectivity index (χ3v) is 7.51. The third-order valence-electron chi connectivity index (χ3n) is 7.51. The van der Waals surface area contributed by atoms with Crippen LogP contribution >= 0.6 is 0 Å². The molecule has 1 amide bonds. The van der Waals surface area contributed by atoms with E-state index in [1.54, 1.807) is 24.3 Å². The number of hydrogen-bond donors (Lipinski definition) is 2. The van der Waals surface area contributed by atoms with Crippen LogP contribution in [0.2, 0.25) is 0 Å². The van der Waals surface area contributed by atoms with E-state index >= 15 is 0 Å². The fraction of sp³-hybridized carbons (Fsp3) is 0.259. The second-order valence-corrected chi connectivity index (χ2v) is 10.2. The van der Waals surface area contributed by atoms with Crippen molar-refractivity contribution in [1.29, 1.82) is 0 Å². The number of benzene rings is 3. The summed E-state index contributed by atoms with van der Waals surface area (Å²) >= 11 is 0. The fourth-order valence-electron chi connectivity index (χ4n) is 5.63. The number of halogens is 4. The standard InChI is InChI=1S/C27H20F4N4O3/c28-19-7-3-16(4-8-19)17-9-20(23(36)32-26-12-25(13-26,14-26)24(37)38)22-21(10-17)33-34-35(22)11-15-1-5-18(6-2-15)27(29,30)31/h1-10H,11-14H2,(H,32,36)(H,37,38). The number of rotatable bonds is 6. The SMILES string of the molecule is O=C(NC12CC(C(=O)O)(C1)C2)c1cc(-c2ccc(F)cc2)cc2nnn(Cc3ccc(C(F)(F)F)cc3)c12. The second-order valence-electron chi connectivity index (χ2n) is 10.2. The highest BCUT2D eigenvalue weighted by molar-refractivity contribution is 6.07. The minimum atomic E-state index is -4.46. The lowest BCUT2D eigenvalue weighted by Crippen LogP contribution is -2.77. The number of nitrogens with one attached hydrogen (secondary N) is 1. The number of carbonyl (C=O) groups excluding carboxylic acids is 1. The van der Waals surface area contributed by atoms with Crippen molar-refractivity contribution in [3.8, 4) is 11.1 Å². The van der Waals surface area contributed by atoms with Gasteiger partial charge in [-0.15, -0.1) is 5.10 Å². The zero-order valence-corrected chi connectivity index (χ0v) is 19.7. The molecular weight excluding hydrogens is 504 g/mol. The molecule has 7 nitrogen and oxygen atoms in total. The van der Waals surface area contributed by atoms with Crippen LogP contribution in [0.15, 0.2) is 60.7 Å². The Labute approximate surface area is 213 Å². The summed E-state index contributed by atoms with van der Waals surface area (Å²) in [4.78, 5) is 25.0. The molecule has 0 saturated heterocycles. The van der Waals surface area contributed by atoms with Gasteiger partial charge in [-0.3, -0.25) is 9.59 Å². The van der Waals surface area contributed by atoms with Crippen molar-refractivity contribution in [2.24, 2.45) is 5.41 Å². The van der Waals surface area contributed by atoms with Gasteiger partial charge in [0.2, 0.25) is 0 Å². The smallest absolute Gasteiger partial charge is 0.416 e. The highest BCUT2D eigenvalue weighted by Crippen LogP contribution is 2.67. The van der Waals surface area contributed by atoms with Crippen LogP contribution in [0.4, 0.5) is 17.6 Å². The van der Waals surface area contributed by atoms with E-state index in [1.165, 1.54) is 28.9 Å². The van der Waals surface area contributed by atoms with Crippen LogP contribution < -0.4 is 5.32 Å². The maximum absolute atomic E-state index is 13.5. The Morgan fingerprint density at radius 1 is 0.974 bits per heavy atom. The van der Waals surface area contributed by atoms with Gasteiger partial charge in [0.1, 0.15) is 16.9 Å². The van der Waals surface area contributed by atoms with Crippen molar-refractivity contribution in [1.82, 2.24) is 20.3 Å². The van der Waals surface area contributed by atoms with Gasteiger partial charge in [-0.05, 0) is 72.4 Å². The Kier molecular flexibility index (Phi) is 5.14. The van der Waals surface area contributed by atoms with E-state index in [4.69, 9.17) is 0 Å². The third kappa shape index (κ3) is 3.89. The Balaban J connectivity index is 1.37. The van der Waals surface area contributed by atoms with E-state index in [2.05, 4.69) is 15.6 Å². The van der Waals surface area contributed by atoms with E-state index < -0.39 is 40.4 Å². The molecule has 1 aromatic heterocycles. The summed E-state index contributed by atoms with van der Waals surface area (Å²) in [6.07, 6.45) is -3.40. The van der Waals surface area contributed by atoms with Gasteiger partial charge in [-0.2, -0.15) is 13.2 Å². The van der Waals surface area contributed by atoms with Gasteiger partial charge in [0, 0.05) is 5.54 Å². The molecule has 0 aliphatic heterocycles. The van der Waals surface area contributed by atoms with E-state index in [-0.39, 0.29) is 12.1 Å². The highest BCUT2D eigenvalue weighted by Gasteiger charge is 2.72. The summed E-state index contributed by atoms with van der Waals surface area (Å²) in [6, 6.07) is 13.7. The average molecular weight is 524 g/mol. The molecule has 194 valence electrons. The number of alkyl halides is 3. The predicted molar refractivity (Wildman–Crippen MR) is 128 cm³/mol. The molecule has 3 fully saturated rings. The summed E-state index contributed by atoms with van der Waals surface area (Å²) in [6.45, 7) is 0.0675. The lowest BCUT2D eigenvalue weighted by molar-refractivity contribution is -0.196. The molecule has 11 heteroatoms. The molecule has 3 saturated carbocycles. The molecule has 1 heterocycles. The molecule has 3 aliphatic carbocycles. The zero-order valence-electron chi connectivity index (χ0n) is 19.7. The van der Waals surface area contributed by atoms with E-state index in [9.17, 15) is 32.3 Å². The van der Waals surface area contributed by atoms with Crippen molar-refractivity contribution in [3.63, 3.8) is 0 Å². The average Bonchev–Trinajstić information content (AvgIpc) is 3.22. The fourth-order valence-corrected chi connectivity index (χ4v) is 5.63. The summed E-state index contributed by atoms with van der Waals surface area (Å²) in [5, 5.41) is 20.7. The van der Waals surface area contributed by atoms with E-state index in [0.29, 0.717) is 47.0 Å². The number of hydrogen-bond acceptors (Lipinski definition) is 4. The van der Waals surface area contributed by atoms with Crippen molar-refractivity contribution in [2.45, 2.75) is 37.5 Å². The molecule has 0 unspecified atom stereocenters. The Morgan fingerprint density at radius 2 is 1.63 bits per heavy atom. The van der Waals surface area contributed by atoms with Crippen molar-refractivity contribution in [2.75, 3.05) is 0 Å². The van der Waals surface area contributed by atoms with Crippen LogP contribution in [0.5, 0.6) is 0 Å². The first kappa shape index (κ1) is 24.1. The van der Waals surface area contributed by atoms with Crippen LogP contribution in [-0.4, -0.2) is 37.5 Å². The molecule has 2 bridgehead atoms. The number of aliphatic carboxylic acids is 1. The quantitative estimate of drug-likeness (QED) is 0.345. The molecule has 0 atom stereocenters. The summed E-state index contributed by atoms with van der Waals surface area (Å²) in [5.74, 6) is -1.71. The largest absolute Gasteiger partial charge is 0.481 e. The van der Waals surface area contributed by atoms with Gasteiger partial charge in [0.15, 0.2) is 0 Å². The number of carboxylic acid groups (broad SMARTS) is 1. The summed E-state index contributed by atoms with van der Waals surface area (Å²) < 4.78 is 53.8. The number of amides is 1. The van der Waals surface area contributed by atoms with Gasteiger partial charge in [0.05, 0.1) is 23.1 Å². The van der Waals surface area contributed by atoms with Crippen LogP contribution in [0.25, 0.3) is 22.2 Å². The molecule has 0 radical (unpaired) electrons. The second kappa shape index (κ2) is 8.11.